The lowest BCUT2D eigenvalue weighted by Crippen LogP contribution is -2.31. The number of thioether (sulfide) groups is 1. The number of benzene rings is 3. The summed E-state index contributed by atoms with van der Waals surface area (Å²) in [6.07, 6.45) is 1.34. The van der Waals surface area contributed by atoms with Crippen LogP contribution in [0.4, 0.5) is 5.69 Å². The Hall–Kier alpha value is -4.01. The van der Waals surface area contributed by atoms with Gasteiger partial charge >= 0.3 is 0 Å². The number of halogens is 1. The van der Waals surface area contributed by atoms with E-state index in [1.807, 2.05) is 0 Å². The topological polar surface area (TPSA) is 153 Å². The third-order valence-electron chi connectivity index (χ3n) is 5.67. The van der Waals surface area contributed by atoms with Crippen molar-refractivity contribution in [3.05, 3.63) is 75.1 Å². The Morgan fingerprint density at radius 3 is 2.37 bits per heavy atom. The molecule has 0 radical (unpaired) electrons. The van der Waals surface area contributed by atoms with Crippen molar-refractivity contribution in [3.63, 3.8) is 0 Å². The van der Waals surface area contributed by atoms with E-state index in [4.69, 9.17) is 14.2 Å². The molecule has 0 bridgehead atoms. The number of nitrogens with one attached hydrogen (secondary N) is 2. The molecule has 0 aliphatic carbocycles. The van der Waals surface area contributed by atoms with Crippen LogP contribution in [0.2, 0.25) is 0 Å². The van der Waals surface area contributed by atoms with E-state index in [1.54, 1.807) is 36.4 Å². The summed E-state index contributed by atoms with van der Waals surface area (Å²) in [4.78, 5) is 29.6. The molecule has 41 heavy (non-hydrogen) atoms. The largest absolute Gasteiger partial charge is 0.504 e. The summed E-state index contributed by atoms with van der Waals surface area (Å²) in [5, 5.41) is 13.4. The molecule has 11 nitrogen and oxygen atoms in total. The molecule has 1 aliphatic heterocycles. The highest BCUT2D eigenvalue weighted by Crippen LogP contribution is 2.37. The molecule has 1 fully saturated rings. The number of rotatable bonds is 9. The minimum Gasteiger partial charge on any atom is -0.504 e. The van der Waals surface area contributed by atoms with Crippen molar-refractivity contribution in [1.82, 2.24) is 10.0 Å². The number of hydrogen-bond acceptors (Lipinski definition) is 10. The number of aliphatic imine (C=N–C) groups is 1. The maximum Gasteiger partial charge on any atom is 0.264 e. The quantitative estimate of drug-likeness (QED) is 0.288. The molecule has 0 unspecified atom stereocenters. The van der Waals surface area contributed by atoms with Crippen LogP contribution in [-0.4, -0.2) is 51.8 Å². The van der Waals surface area contributed by atoms with E-state index in [9.17, 15) is 23.1 Å². The first-order valence-corrected chi connectivity index (χ1v) is 14.8. The zero-order chi connectivity index (χ0) is 29.7. The van der Waals surface area contributed by atoms with Crippen molar-refractivity contribution in [1.29, 1.82) is 0 Å². The van der Waals surface area contributed by atoms with Crippen molar-refractivity contribution in [2.24, 2.45) is 4.99 Å². The van der Waals surface area contributed by atoms with E-state index in [-0.39, 0.29) is 34.5 Å². The van der Waals surface area contributed by atoms with E-state index in [0.29, 0.717) is 37.1 Å². The van der Waals surface area contributed by atoms with Crippen LogP contribution in [0.25, 0.3) is 6.08 Å². The lowest BCUT2D eigenvalue weighted by molar-refractivity contribution is -0.118. The van der Waals surface area contributed by atoms with Crippen molar-refractivity contribution in [2.45, 2.75) is 11.3 Å². The van der Waals surface area contributed by atoms with Gasteiger partial charge in [0.15, 0.2) is 28.2 Å². The number of phenols is 1. The Morgan fingerprint density at radius 2 is 1.71 bits per heavy atom. The Morgan fingerprint density at radius 1 is 1.02 bits per heavy atom. The highest BCUT2D eigenvalue weighted by Gasteiger charge is 2.25. The number of amidine groups is 1. The second-order valence-electron chi connectivity index (χ2n) is 8.42. The van der Waals surface area contributed by atoms with Gasteiger partial charge in [0, 0.05) is 16.1 Å². The molecule has 2 amide bonds. The average molecular weight is 663 g/mol. The third-order valence-corrected chi connectivity index (χ3v) is 8.41. The summed E-state index contributed by atoms with van der Waals surface area (Å²) < 4.78 is 43.5. The second kappa shape index (κ2) is 12.7. The van der Waals surface area contributed by atoms with Gasteiger partial charge in [-0.05, 0) is 59.8 Å². The number of amides is 2. The van der Waals surface area contributed by atoms with Gasteiger partial charge in [0.1, 0.15) is 0 Å². The smallest absolute Gasteiger partial charge is 0.264 e. The van der Waals surface area contributed by atoms with E-state index in [0.717, 1.165) is 11.8 Å². The maximum absolute atomic E-state index is 12.7. The van der Waals surface area contributed by atoms with Crippen LogP contribution < -0.4 is 24.2 Å². The van der Waals surface area contributed by atoms with Gasteiger partial charge in [-0.1, -0.05) is 28.1 Å². The number of hydrogen-bond donors (Lipinski definition) is 3. The Labute approximate surface area is 248 Å². The number of aromatic hydroxyl groups is 1. The van der Waals surface area contributed by atoms with Gasteiger partial charge in [-0.2, -0.15) is 0 Å². The summed E-state index contributed by atoms with van der Waals surface area (Å²) >= 11 is 4.45. The summed E-state index contributed by atoms with van der Waals surface area (Å²) in [5.74, 6) is -0.371. The Kier molecular flexibility index (Phi) is 9.25. The van der Waals surface area contributed by atoms with E-state index in [2.05, 4.69) is 31.0 Å². The van der Waals surface area contributed by atoms with E-state index in [1.165, 1.54) is 45.6 Å². The van der Waals surface area contributed by atoms with E-state index < -0.39 is 15.9 Å². The summed E-state index contributed by atoms with van der Waals surface area (Å²) in [6.45, 7) is 0. The van der Waals surface area contributed by atoms with Crippen LogP contribution in [-0.2, 0) is 26.0 Å². The molecule has 14 heteroatoms. The Bertz CT molecular complexity index is 1670. The summed E-state index contributed by atoms with van der Waals surface area (Å²) in [7, 11) is 0.103. The lowest BCUT2D eigenvalue weighted by atomic mass is 10.1. The van der Waals surface area contributed by atoms with Gasteiger partial charge in [-0.25, -0.2) is 18.1 Å². The predicted molar refractivity (Wildman–Crippen MR) is 158 cm³/mol. The van der Waals surface area contributed by atoms with Gasteiger partial charge in [0.05, 0.1) is 43.2 Å². The highest BCUT2D eigenvalue weighted by atomic mass is 79.9. The van der Waals surface area contributed by atoms with Crippen LogP contribution >= 0.6 is 27.7 Å². The summed E-state index contributed by atoms with van der Waals surface area (Å²) in [6, 6.07) is 13.8. The minimum absolute atomic E-state index is 0.0989. The fourth-order valence-corrected chi connectivity index (χ4v) is 5.99. The molecule has 1 saturated heterocycles. The molecule has 1 aliphatic rings. The van der Waals surface area contributed by atoms with Crippen LogP contribution in [0.5, 0.6) is 23.0 Å². The highest BCUT2D eigenvalue weighted by molar-refractivity contribution is 9.10. The number of phenolic OH excluding ortho intramolecular Hbond substituents is 1. The standard InChI is InChI=1S/C27H24BrN3O8S2/c1-37-20-9-8-19(14-21(20)38-2)41(35,36)31-24(32)10-15-4-6-18(7-5-15)29-27-30-26(34)23(40-27)12-16-11-17(28)13-22(39-3)25(16)33/h4-9,11-14,33H,10H2,1-3H3,(H,31,32)(H,29,30,34). The molecule has 3 aromatic carbocycles. The molecular formula is C27H24BrN3O8S2. The van der Waals surface area contributed by atoms with Gasteiger partial charge in [0.25, 0.3) is 15.9 Å². The monoisotopic (exact) mass is 661 g/mol. The molecule has 4 rings (SSSR count). The van der Waals surface area contributed by atoms with Crippen LogP contribution in [0, 0.1) is 0 Å². The zero-order valence-electron chi connectivity index (χ0n) is 21.9. The molecule has 214 valence electrons. The SMILES string of the molecule is COc1ccc(S(=O)(=O)NC(=O)Cc2ccc(N=C3NC(=O)C(=Cc4cc(Br)cc(OC)c4O)S3)cc2)cc1OC. The molecule has 1 heterocycles. The maximum atomic E-state index is 12.7. The van der Waals surface area contributed by atoms with Crippen molar-refractivity contribution in [2.75, 3.05) is 21.3 Å². The zero-order valence-corrected chi connectivity index (χ0v) is 25.1. The van der Waals surface area contributed by atoms with Gasteiger partial charge in [-0.15, -0.1) is 0 Å². The normalized spacial score (nSPS) is 15.1. The predicted octanol–water partition coefficient (Wildman–Crippen LogP) is 4.12. The van der Waals surface area contributed by atoms with Crippen molar-refractivity contribution in [3.8, 4) is 23.0 Å². The first-order valence-electron chi connectivity index (χ1n) is 11.8. The van der Waals surface area contributed by atoms with Crippen molar-refractivity contribution >= 4 is 66.5 Å². The number of ether oxygens (including phenoxy) is 3. The number of nitrogens with zero attached hydrogens (tertiary/aromatic N) is 1. The Balaban J connectivity index is 1.41. The third kappa shape index (κ3) is 7.20. The fraction of sp³-hybridized carbons (Fsp3) is 0.148. The number of sulfonamides is 1. The molecule has 3 aromatic rings. The first kappa shape index (κ1) is 30.0. The number of carbonyl (C=O) groups is 2. The molecular weight excluding hydrogens is 638 g/mol. The molecule has 0 saturated carbocycles. The first-order chi connectivity index (χ1) is 19.5. The van der Waals surface area contributed by atoms with Crippen molar-refractivity contribution < 1.29 is 37.3 Å². The van der Waals surface area contributed by atoms with Gasteiger partial charge < -0.3 is 24.6 Å². The fourth-order valence-electron chi connectivity index (χ4n) is 3.70. The molecule has 3 N–H and O–H groups in total. The van der Waals surface area contributed by atoms with Crippen LogP contribution in [0.1, 0.15) is 11.1 Å². The summed E-state index contributed by atoms with van der Waals surface area (Å²) in [5.41, 5.74) is 1.45. The van der Waals surface area contributed by atoms with Crippen LogP contribution in [0.3, 0.4) is 0 Å². The molecule has 0 spiro atoms. The van der Waals surface area contributed by atoms with Gasteiger partial charge in [-0.3, -0.25) is 9.59 Å². The molecule has 0 aromatic heterocycles. The lowest BCUT2D eigenvalue weighted by Gasteiger charge is -2.11. The van der Waals surface area contributed by atoms with E-state index >= 15 is 0 Å². The minimum atomic E-state index is -4.13. The molecule has 0 atom stereocenters. The van der Waals surface area contributed by atoms with Crippen LogP contribution in [0.15, 0.2) is 73.9 Å². The average Bonchev–Trinajstić information content (AvgIpc) is 3.28. The number of methoxy groups -OCH3 is 3. The number of carbonyl (C=O) groups excluding carboxylic acids is 2. The van der Waals surface area contributed by atoms with Gasteiger partial charge in [0.2, 0.25) is 5.91 Å². The second-order valence-corrected chi connectivity index (χ2v) is 12.0.